The number of hydrogen-bond donors (Lipinski definition) is 1. The average molecular weight is 402 g/mol. The minimum Gasteiger partial charge on any atom is -0.350 e. The van der Waals surface area contributed by atoms with Crippen LogP contribution >= 0.6 is 11.3 Å². The number of hydrogen-bond acceptors (Lipinski definition) is 3. The number of thiophene rings is 1. The summed E-state index contributed by atoms with van der Waals surface area (Å²) >= 11 is 1.23. The van der Waals surface area contributed by atoms with Crippen LogP contribution in [0.3, 0.4) is 0 Å². The maximum atomic E-state index is 14.1. The van der Waals surface area contributed by atoms with Gasteiger partial charge in [-0.05, 0) is 49.2 Å². The lowest BCUT2D eigenvalue weighted by Gasteiger charge is -2.20. The zero-order chi connectivity index (χ0) is 20.3. The molecule has 0 aliphatic rings. The summed E-state index contributed by atoms with van der Waals surface area (Å²) in [6.45, 7) is 4.00. The van der Waals surface area contributed by atoms with Gasteiger partial charge in [-0.2, -0.15) is 0 Å². The molecule has 146 valence electrons. The first-order valence-corrected chi connectivity index (χ1v) is 9.70. The fourth-order valence-electron chi connectivity index (χ4n) is 2.96. The molecule has 0 saturated heterocycles. The molecule has 2 amide bonds. The third kappa shape index (κ3) is 4.20. The lowest BCUT2D eigenvalue weighted by atomic mass is 10.1. The third-order valence-electron chi connectivity index (χ3n) is 4.50. The topological polar surface area (TPSA) is 49.4 Å². The highest BCUT2D eigenvalue weighted by molar-refractivity contribution is 7.21. The Morgan fingerprint density at radius 3 is 2.46 bits per heavy atom. The maximum Gasteiger partial charge on any atom is 0.264 e. The number of rotatable bonds is 6. The summed E-state index contributed by atoms with van der Waals surface area (Å²) in [5.41, 5.74) is 1.35. The molecule has 0 bridgehead atoms. The standard InChI is InChI=1S/C21H20F2N2O2S/c1-3-25(12-18(26)24-11-14-7-9-15(22)10-8-14)21(27)20-13(2)19-16(23)5-4-6-17(19)28-20/h4-10H,3,11-12H2,1-2H3,(H,24,26). The molecule has 0 aliphatic carbocycles. The molecule has 3 rings (SSSR count). The Morgan fingerprint density at radius 2 is 1.82 bits per heavy atom. The van der Waals surface area contributed by atoms with Gasteiger partial charge in [0.1, 0.15) is 11.6 Å². The van der Waals surface area contributed by atoms with E-state index in [2.05, 4.69) is 5.32 Å². The van der Waals surface area contributed by atoms with Crippen LogP contribution in [0.5, 0.6) is 0 Å². The van der Waals surface area contributed by atoms with E-state index >= 15 is 0 Å². The Kier molecular flexibility index (Phi) is 6.04. The van der Waals surface area contributed by atoms with Crippen molar-refractivity contribution in [3.8, 4) is 0 Å². The van der Waals surface area contributed by atoms with E-state index in [9.17, 15) is 18.4 Å². The predicted molar refractivity (Wildman–Crippen MR) is 106 cm³/mol. The molecule has 1 N–H and O–H groups in total. The van der Waals surface area contributed by atoms with E-state index in [1.54, 1.807) is 38.1 Å². The van der Waals surface area contributed by atoms with Crippen molar-refractivity contribution < 1.29 is 18.4 Å². The second kappa shape index (κ2) is 8.48. The molecule has 0 fully saturated rings. The van der Waals surface area contributed by atoms with Gasteiger partial charge in [0.15, 0.2) is 0 Å². The Labute approximate surface area is 165 Å². The van der Waals surface area contributed by atoms with Crippen LogP contribution in [0.15, 0.2) is 42.5 Å². The summed E-state index contributed by atoms with van der Waals surface area (Å²) in [6, 6.07) is 10.6. The van der Waals surface area contributed by atoms with Crippen LogP contribution in [-0.4, -0.2) is 29.8 Å². The van der Waals surface area contributed by atoms with Gasteiger partial charge in [-0.3, -0.25) is 9.59 Å². The van der Waals surface area contributed by atoms with Crippen LogP contribution in [0.1, 0.15) is 27.7 Å². The van der Waals surface area contributed by atoms with Crippen molar-refractivity contribution >= 4 is 33.2 Å². The number of halogens is 2. The lowest BCUT2D eigenvalue weighted by molar-refractivity contribution is -0.121. The molecule has 2 aromatic carbocycles. The highest BCUT2D eigenvalue weighted by Crippen LogP contribution is 2.33. The number of fused-ring (bicyclic) bond motifs is 1. The molecule has 0 atom stereocenters. The summed E-state index contributed by atoms with van der Waals surface area (Å²) in [5, 5.41) is 3.18. The third-order valence-corrected chi connectivity index (χ3v) is 5.75. The van der Waals surface area contributed by atoms with Crippen LogP contribution in [-0.2, 0) is 11.3 Å². The summed E-state index contributed by atoms with van der Waals surface area (Å²) in [5.74, 6) is -1.31. The van der Waals surface area contributed by atoms with Gasteiger partial charge in [0.25, 0.3) is 5.91 Å². The summed E-state index contributed by atoms with van der Waals surface area (Å²) in [7, 11) is 0. The number of likely N-dealkylation sites (N-methyl/N-ethyl adjacent to an activating group) is 1. The number of nitrogens with zero attached hydrogens (tertiary/aromatic N) is 1. The van der Waals surface area contributed by atoms with Crippen molar-refractivity contribution in [1.82, 2.24) is 10.2 Å². The fourth-order valence-corrected chi connectivity index (χ4v) is 4.15. The minimum atomic E-state index is -0.356. The quantitative estimate of drug-likeness (QED) is 0.670. The molecule has 1 heterocycles. The fraction of sp³-hybridized carbons (Fsp3) is 0.238. The van der Waals surface area contributed by atoms with Crippen molar-refractivity contribution in [3.63, 3.8) is 0 Å². The Bertz CT molecular complexity index is 1020. The normalized spacial score (nSPS) is 10.9. The van der Waals surface area contributed by atoms with Gasteiger partial charge in [0, 0.05) is 23.2 Å². The van der Waals surface area contributed by atoms with Crippen molar-refractivity contribution in [1.29, 1.82) is 0 Å². The van der Waals surface area contributed by atoms with Gasteiger partial charge in [0.05, 0.1) is 11.4 Å². The Hall–Kier alpha value is -2.80. The zero-order valence-corrected chi connectivity index (χ0v) is 16.4. The van der Waals surface area contributed by atoms with Gasteiger partial charge in [-0.25, -0.2) is 8.78 Å². The van der Waals surface area contributed by atoms with E-state index in [1.165, 1.54) is 34.4 Å². The van der Waals surface area contributed by atoms with Crippen LogP contribution in [0.25, 0.3) is 10.1 Å². The van der Waals surface area contributed by atoms with E-state index in [0.29, 0.717) is 27.1 Å². The molecule has 0 radical (unpaired) electrons. The van der Waals surface area contributed by atoms with Gasteiger partial charge in [0.2, 0.25) is 5.91 Å². The maximum absolute atomic E-state index is 14.1. The predicted octanol–water partition coefficient (Wildman–Crippen LogP) is 4.27. The van der Waals surface area contributed by atoms with Crippen LogP contribution < -0.4 is 5.32 Å². The highest BCUT2D eigenvalue weighted by Gasteiger charge is 2.23. The smallest absolute Gasteiger partial charge is 0.264 e. The first-order chi connectivity index (χ1) is 13.4. The van der Waals surface area contributed by atoms with Crippen LogP contribution in [0.4, 0.5) is 8.78 Å². The van der Waals surface area contributed by atoms with Crippen molar-refractivity contribution in [2.24, 2.45) is 0 Å². The van der Waals surface area contributed by atoms with E-state index in [0.717, 1.165) is 5.56 Å². The average Bonchev–Trinajstić information content (AvgIpc) is 3.03. The first kappa shape index (κ1) is 19.9. The number of carbonyl (C=O) groups is 2. The number of carbonyl (C=O) groups excluding carboxylic acids is 2. The molecule has 0 saturated carbocycles. The Balaban J connectivity index is 1.70. The first-order valence-electron chi connectivity index (χ1n) is 8.88. The second-order valence-electron chi connectivity index (χ2n) is 6.39. The Morgan fingerprint density at radius 1 is 1.11 bits per heavy atom. The molecule has 28 heavy (non-hydrogen) atoms. The minimum absolute atomic E-state index is 0.104. The highest BCUT2D eigenvalue weighted by atomic mass is 32.1. The van der Waals surface area contributed by atoms with Crippen LogP contribution in [0.2, 0.25) is 0 Å². The van der Waals surface area contributed by atoms with Crippen molar-refractivity contribution in [3.05, 3.63) is 70.1 Å². The summed E-state index contributed by atoms with van der Waals surface area (Å²) in [6.07, 6.45) is 0. The number of benzene rings is 2. The number of amides is 2. The molecule has 4 nitrogen and oxygen atoms in total. The molecule has 0 aliphatic heterocycles. The van der Waals surface area contributed by atoms with E-state index in [-0.39, 0.29) is 36.5 Å². The van der Waals surface area contributed by atoms with E-state index in [1.807, 2.05) is 0 Å². The van der Waals surface area contributed by atoms with Gasteiger partial charge < -0.3 is 10.2 Å². The van der Waals surface area contributed by atoms with Gasteiger partial charge in [-0.1, -0.05) is 18.2 Å². The largest absolute Gasteiger partial charge is 0.350 e. The van der Waals surface area contributed by atoms with Gasteiger partial charge in [-0.15, -0.1) is 11.3 Å². The monoisotopic (exact) mass is 402 g/mol. The molecule has 3 aromatic rings. The zero-order valence-electron chi connectivity index (χ0n) is 15.6. The summed E-state index contributed by atoms with van der Waals surface area (Å²) < 4.78 is 27.7. The molecule has 1 aromatic heterocycles. The number of nitrogens with one attached hydrogen (secondary N) is 1. The van der Waals surface area contributed by atoms with E-state index in [4.69, 9.17) is 0 Å². The molecular formula is C21H20F2N2O2S. The summed E-state index contributed by atoms with van der Waals surface area (Å²) in [4.78, 5) is 27.0. The van der Waals surface area contributed by atoms with E-state index < -0.39 is 0 Å². The van der Waals surface area contributed by atoms with Gasteiger partial charge >= 0.3 is 0 Å². The molecule has 0 spiro atoms. The molecule has 0 unspecified atom stereocenters. The van der Waals surface area contributed by atoms with Crippen molar-refractivity contribution in [2.75, 3.05) is 13.1 Å². The van der Waals surface area contributed by atoms with Crippen LogP contribution in [0, 0.1) is 18.6 Å². The SMILES string of the molecule is CCN(CC(=O)NCc1ccc(F)cc1)C(=O)c1sc2cccc(F)c2c1C. The van der Waals surface area contributed by atoms with Crippen molar-refractivity contribution in [2.45, 2.75) is 20.4 Å². The second-order valence-corrected chi connectivity index (χ2v) is 7.44. The molecular weight excluding hydrogens is 382 g/mol. The lowest BCUT2D eigenvalue weighted by Crippen LogP contribution is -2.40. The molecule has 7 heteroatoms. The number of aryl methyl sites for hydroxylation is 1.